The molecule has 2 aromatic heterocycles. The highest BCUT2D eigenvalue weighted by molar-refractivity contribution is 5.89. The van der Waals surface area contributed by atoms with Gasteiger partial charge in [0.1, 0.15) is 11.3 Å². The lowest BCUT2D eigenvalue weighted by atomic mass is 10.0. The Bertz CT molecular complexity index is 1540. The van der Waals surface area contributed by atoms with Crippen LogP contribution < -0.4 is 5.32 Å². The smallest absolute Gasteiger partial charge is 0.270 e. The van der Waals surface area contributed by atoms with Gasteiger partial charge in [-0.1, -0.05) is 48.5 Å². The van der Waals surface area contributed by atoms with Gasteiger partial charge in [-0.2, -0.15) is 0 Å². The van der Waals surface area contributed by atoms with E-state index in [0.717, 1.165) is 59.6 Å². The number of benzene rings is 3. The van der Waals surface area contributed by atoms with Gasteiger partial charge in [-0.3, -0.25) is 10.1 Å². The molecule has 0 unspecified atom stereocenters. The number of nitro groups is 1. The Morgan fingerprint density at radius 3 is 2.53 bits per heavy atom. The van der Waals surface area contributed by atoms with Gasteiger partial charge in [0.15, 0.2) is 5.65 Å². The summed E-state index contributed by atoms with van der Waals surface area (Å²) in [6, 6.07) is 23.7. The van der Waals surface area contributed by atoms with Crippen molar-refractivity contribution >= 4 is 27.6 Å². The van der Waals surface area contributed by atoms with E-state index in [4.69, 9.17) is 9.97 Å². The summed E-state index contributed by atoms with van der Waals surface area (Å²) in [5, 5.41) is 17.2. The van der Waals surface area contributed by atoms with Gasteiger partial charge in [0, 0.05) is 35.5 Å². The Hall–Kier alpha value is -4.10. The van der Waals surface area contributed by atoms with E-state index in [1.54, 1.807) is 12.1 Å². The summed E-state index contributed by atoms with van der Waals surface area (Å²) in [7, 11) is 0. The van der Waals surface area contributed by atoms with Crippen LogP contribution in [-0.2, 0) is 0 Å². The van der Waals surface area contributed by atoms with Crippen LogP contribution in [0.5, 0.6) is 0 Å². The van der Waals surface area contributed by atoms with Gasteiger partial charge < -0.3 is 9.88 Å². The second kappa shape index (κ2) is 8.35. The summed E-state index contributed by atoms with van der Waals surface area (Å²) in [5.74, 6) is 0.730. The van der Waals surface area contributed by atoms with Crippen LogP contribution in [0.4, 0.5) is 5.69 Å². The van der Waals surface area contributed by atoms with Gasteiger partial charge in [-0.25, -0.2) is 9.97 Å². The Morgan fingerprint density at radius 1 is 0.882 bits per heavy atom. The van der Waals surface area contributed by atoms with Crippen LogP contribution in [-0.4, -0.2) is 32.5 Å². The summed E-state index contributed by atoms with van der Waals surface area (Å²) in [6.45, 7) is 1.85. The Balaban J connectivity index is 1.51. The number of piperidine rings is 1. The molecule has 7 nitrogen and oxygen atoms in total. The van der Waals surface area contributed by atoms with E-state index in [2.05, 4.69) is 46.3 Å². The number of non-ortho nitro benzene ring substituents is 1. The molecule has 0 saturated carbocycles. The van der Waals surface area contributed by atoms with Crippen molar-refractivity contribution in [1.82, 2.24) is 19.9 Å². The number of pyridine rings is 1. The van der Waals surface area contributed by atoms with Gasteiger partial charge in [-0.05, 0) is 54.4 Å². The molecule has 1 aliphatic heterocycles. The largest absolute Gasteiger partial charge is 0.317 e. The van der Waals surface area contributed by atoms with Crippen LogP contribution in [0.25, 0.3) is 44.5 Å². The number of hydrogen-bond acceptors (Lipinski definition) is 5. The molecule has 7 heteroatoms. The van der Waals surface area contributed by atoms with E-state index >= 15 is 0 Å². The molecule has 34 heavy (non-hydrogen) atoms. The second-order valence-corrected chi connectivity index (χ2v) is 8.72. The lowest BCUT2D eigenvalue weighted by molar-refractivity contribution is -0.384. The molecule has 1 aliphatic rings. The average Bonchev–Trinajstić information content (AvgIpc) is 3.28. The summed E-state index contributed by atoms with van der Waals surface area (Å²) in [5.41, 5.74) is 4.49. The maximum atomic E-state index is 11.4. The van der Waals surface area contributed by atoms with Gasteiger partial charge in [0.25, 0.3) is 5.69 Å². The van der Waals surface area contributed by atoms with E-state index in [0.29, 0.717) is 0 Å². The number of aromatic nitrogens is 3. The minimum Gasteiger partial charge on any atom is -0.317 e. The predicted octanol–water partition coefficient (Wildman–Crippen LogP) is 5.75. The zero-order chi connectivity index (χ0) is 23.1. The van der Waals surface area contributed by atoms with Crippen molar-refractivity contribution in [3.05, 3.63) is 89.1 Å². The molecule has 1 fully saturated rings. The third-order valence-corrected chi connectivity index (χ3v) is 6.60. The molecule has 0 spiro atoms. The maximum Gasteiger partial charge on any atom is 0.270 e. The first-order valence-corrected chi connectivity index (χ1v) is 11.5. The molecule has 0 radical (unpaired) electrons. The normalized spacial score (nSPS) is 14.6. The molecule has 0 aliphatic carbocycles. The van der Waals surface area contributed by atoms with Gasteiger partial charge in [0.2, 0.25) is 0 Å². The van der Waals surface area contributed by atoms with E-state index < -0.39 is 0 Å². The monoisotopic (exact) mass is 449 g/mol. The Morgan fingerprint density at radius 2 is 1.71 bits per heavy atom. The van der Waals surface area contributed by atoms with Crippen LogP contribution in [0.3, 0.4) is 0 Å². The Kier molecular flexibility index (Phi) is 5.04. The third-order valence-electron chi connectivity index (χ3n) is 6.60. The lowest BCUT2D eigenvalue weighted by Gasteiger charge is -2.26. The number of nitrogens with one attached hydrogen (secondary N) is 1. The number of nitro benzene ring substituents is 1. The van der Waals surface area contributed by atoms with Crippen LogP contribution in [0.2, 0.25) is 0 Å². The molecule has 3 aromatic carbocycles. The Labute approximate surface area is 196 Å². The molecule has 1 saturated heterocycles. The van der Waals surface area contributed by atoms with Crippen LogP contribution in [0, 0.1) is 10.1 Å². The lowest BCUT2D eigenvalue weighted by Crippen LogP contribution is -2.29. The van der Waals surface area contributed by atoms with E-state index in [-0.39, 0.29) is 16.7 Å². The summed E-state index contributed by atoms with van der Waals surface area (Å²) in [6.07, 6.45) is 3.83. The highest BCUT2D eigenvalue weighted by atomic mass is 16.6. The van der Waals surface area contributed by atoms with Crippen LogP contribution in [0.1, 0.15) is 18.9 Å². The average molecular weight is 450 g/mol. The molecule has 3 heterocycles. The third kappa shape index (κ3) is 3.60. The van der Waals surface area contributed by atoms with Gasteiger partial charge >= 0.3 is 0 Å². The number of rotatable bonds is 4. The number of hydrogen-bond donors (Lipinski definition) is 1. The fourth-order valence-corrected chi connectivity index (χ4v) is 4.88. The SMILES string of the molecule is O=[N+]([O-])c1cccc(-c2nc3cc(-c4ccc5ccccc5c4)cnc3n2C2CCNCC2)c1. The zero-order valence-electron chi connectivity index (χ0n) is 18.5. The van der Waals surface area contributed by atoms with Crippen molar-refractivity contribution in [2.24, 2.45) is 0 Å². The zero-order valence-corrected chi connectivity index (χ0v) is 18.5. The highest BCUT2D eigenvalue weighted by Gasteiger charge is 2.24. The first-order chi connectivity index (χ1) is 16.7. The summed E-state index contributed by atoms with van der Waals surface area (Å²) in [4.78, 5) is 20.9. The maximum absolute atomic E-state index is 11.4. The first-order valence-electron chi connectivity index (χ1n) is 11.5. The molecule has 5 aromatic rings. The minimum absolute atomic E-state index is 0.0613. The van der Waals surface area contributed by atoms with Crippen molar-refractivity contribution in [3.63, 3.8) is 0 Å². The predicted molar refractivity (Wildman–Crippen MR) is 134 cm³/mol. The summed E-state index contributed by atoms with van der Waals surface area (Å²) >= 11 is 0. The van der Waals surface area contributed by atoms with Crippen LogP contribution >= 0.6 is 0 Å². The van der Waals surface area contributed by atoms with Crippen molar-refractivity contribution in [1.29, 1.82) is 0 Å². The molecule has 0 atom stereocenters. The molecule has 6 rings (SSSR count). The van der Waals surface area contributed by atoms with Crippen molar-refractivity contribution in [2.45, 2.75) is 18.9 Å². The van der Waals surface area contributed by atoms with Crippen molar-refractivity contribution in [3.8, 4) is 22.5 Å². The number of nitrogens with zero attached hydrogens (tertiary/aromatic N) is 4. The molecular formula is C27H23N5O2. The van der Waals surface area contributed by atoms with E-state index in [1.165, 1.54) is 16.8 Å². The second-order valence-electron chi connectivity index (χ2n) is 8.72. The van der Waals surface area contributed by atoms with Gasteiger partial charge in [0.05, 0.1) is 4.92 Å². The molecule has 1 N–H and O–H groups in total. The van der Waals surface area contributed by atoms with Crippen molar-refractivity contribution in [2.75, 3.05) is 13.1 Å². The standard InChI is InChI=1S/C27H23N5O2/c33-32(34)24-7-3-6-21(15-24)26-30-25-16-22(20-9-8-18-4-1-2-5-19(18)14-20)17-29-27(25)31(26)23-10-12-28-13-11-23/h1-9,14-17,23,28H,10-13H2. The van der Waals surface area contributed by atoms with E-state index in [9.17, 15) is 10.1 Å². The number of imidazole rings is 1. The topological polar surface area (TPSA) is 85.9 Å². The van der Waals surface area contributed by atoms with Crippen molar-refractivity contribution < 1.29 is 4.92 Å². The molecule has 168 valence electrons. The number of fused-ring (bicyclic) bond motifs is 2. The fraction of sp³-hybridized carbons (Fsp3) is 0.185. The first kappa shape index (κ1) is 20.5. The summed E-state index contributed by atoms with van der Waals surface area (Å²) < 4.78 is 2.18. The van der Waals surface area contributed by atoms with E-state index in [1.807, 2.05) is 24.4 Å². The fourth-order valence-electron chi connectivity index (χ4n) is 4.88. The van der Waals surface area contributed by atoms with Crippen LogP contribution in [0.15, 0.2) is 79.0 Å². The molecule has 0 bridgehead atoms. The van der Waals surface area contributed by atoms with Gasteiger partial charge in [-0.15, -0.1) is 0 Å². The molecular weight excluding hydrogens is 426 g/mol. The highest BCUT2D eigenvalue weighted by Crippen LogP contribution is 2.34. The minimum atomic E-state index is -0.364. The quantitative estimate of drug-likeness (QED) is 0.279. The molecule has 0 amide bonds.